The first kappa shape index (κ1) is 8.32. The van der Waals surface area contributed by atoms with Gasteiger partial charge < -0.3 is 0 Å². The maximum absolute atomic E-state index is 5.78. The summed E-state index contributed by atoms with van der Waals surface area (Å²) >= 11 is 5.78. The Hall–Kier alpha value is -1.28. The quantitative estimate of drug-likeness (QED) is 0.680. The van der Waals surface area contributed by atoms with Crippen LogP contribution in [0.4, 0.5) is 0 Å². The normalized spacial score (nSPS) is 10.3. The summed E-state index contributed by atoms with van der Waals surface area (Å²) in [6, 6.07) is 7.73. The van der Waals surface area contributed by atoms with E-state index in [1.165, 1.54) is 0 Å². The van der Waals surface area contributed by atoms with E-state index in [4.69, 9.17) is 11.6 Å². The molecule has 0 aliphatic rings. The molecular formula is C10H9ClN2. The van der Waals surface area contributed by atoms with Crippen LogP contribution in [0.2, 0.25) is 5.02 Å². The van der Waals surface area contributed by atoms with Gasteiger partial charge in [-0.05, 0) is 17.7 Å². The van der Waals surface area contributed by atoms with Crippen molar-refractivity contribution in [1.82, 2.24) is 9.78 Å². The SMILES string of the molecule is Cn1cc(-c2ccc(Cl)cc2)cn1. The van der Waals surface area contributed by atoms with E-state index in [0.29, 0.717) is 0 Å². The second-order valence-corrected chi connectivity index (χ2v) is 3.35. The maximum atomic E-state index is 5.78. The molecule has 0 fully saturated rings. The number of rotatable bonds is 1. The lowest BCUT2D eigenvalue weighted by molar-refractivity contribution is 0.768. The second kappa shape index (κ2) is 3.23. The van der Waals surface area contributed by atoms with Crippen LogP contribution in [0.5, 0.6) is 0 Å². The topological polar surface area (TPSA) is 17.8 Å². The Kier molecular flexibility index (Phi) is 2.07. The Bertz CT molecular complexity index is 403. The van der Waals surface area contributed by atoms with Crippen molar-refractivity contribution >= 4 is 11.6 Å². The van der Waals surface area contributed by atoms with E-state index < -0.39 is 0 Å². The minimum atomic E-state index is 0.757. The van der Waals surface area contributed by atoms with Crippen LogP contribution < -0.4 is 0 Å². The fourth-order valence-corrected chi connectivity index (χ4v) is 1.34. The number of benzene rings is 1. The van der Waals surface area contributed by atoms with Gasteiger partial charge in [-0.3, -0.25) is 4.68 Å². The summed E-state index contributed by atoms with van der Waals surface area (Å²) in [5, 5.41) is 4.86. The predicted octanol–water partition coefficient (Wildman–Crippen LogP) is 2.74. The van der Waals surface area contributed by atoms with Crippen molar-refractivity contribution in [3.63, 3.8) is 0 Å². The van der Waals surface area contributed by atoms with Gasteiger partial charge in [0.05, 0.1) is 6.20 Å². The van der Waals surface area contributed by atoms with E-state index in [-0.39, 0.29) is 0 Å². The van der Waals surface area contributed by atoms with Gasteiger partial charge in [-0.2, -0.15) is 5.10 Å². The second-order valence-electron chi connectivity index (χ2n) is 2.91. The van der Waals surface area contributed by atoms with Crippen molar-refractivity contribution in [2.75, 3.05) is 0 Å². The third-order valence-corrected chi connectivity index (χ3v) is 2.13. The average Bonchev–Trinajstić information content (AvgIpc) is 2.53. The number of hydrogen-bond acceptors (Lipinski definition) is 1. The molecule has 2 aromatic rings. The van der Waals surface area contributed by atoms with E-state index in [2.05, 4.69) is 5.10 Å². The predicted molar refractivity (Wildman–Crippen MR) is 53.7 cm³/mol. The Morgan fingerprint density at radius 2 is 1.85 bits per heavy atom. The lowest BCUT2D eigenvalue weighted by atomic mass is 10.1. The van der Waals surface area contributed by atoms with Crippen molar-refractivity contribution in [2.24, 2.45) is 7.05 Å². The fraction of sp³-hybridized carbons (Fsp3) is 0.100. The standard InChI is InChI=1S/C10H9ClN2/c1-13-7-9(6-12-13)8-2-4-10(11)5-3-8/h2-7H,1H3. The molecule has 0 bridgehead atoms. The molecule has 0 aliphatic heterocycles. The summed E-state index contributed by atoms with van der Waals surface area (Å²) in [6.07, 6.45) is 3.81. The van der Waals surface area contributed by atoms with E-state index in [1.807, 2.05) is 43.7 Å². The summed E-state index contributed by atoms with van der Waals surface area (Å²) in [6.45, 7) is 0. The zero-order chi connectivity index (χ0) is 9.26. The molecule has 0 saturated carbocycles. The summed E-state index contributed by atoms with van der Waals surface area (Å²) in [7, 11) is 1.90. The van der Waals surface area contributed by atoms with E-state index in [9.17, 15) is 0 Å². The molecule has 3 heteroatoms. The molecular weight excluding hydrogens is 184 g/mol. The van der Waals surface area contributed by atoms with Crippen molar-refractivity contribution in [3.8, 4) is 11.1 Å². The van der Waals surface area contributed by atoms with E-state index >= 15 is 0 Å². The van der Waals surface area contributed by atoms with Crippen LogP contribution in [-0.2, 0) is 7.05 Å². The van der Waals surface area contributed by atoms with Gasteiger partial charge in [-0.1, -0.05) is 23.7 Å². The van der Waals surface area contributed by atoms with Crippen molar-refractivity contribution in [2.45, 2.75) is 0 Å². The summed E-state index contributed by atoms with van der Waals surface area (Å²) < 4.78 is 1.78. The molecule has 0 amide bonds. The molecule has 66 valence electrons. The van der Waals surface area contributed by atoms with Gasteiger partial charge in [0, 0.05) is 23.8 Å². The molecule has 0 unspecified atom stereocenters. The molecule has 0 N–H and O–H groups in total. The first-order valence-corrected chi connectivity index (χ1v) is 4.38. The van der Waals surface area contributed by atoms with Crippen LogP contribution in [0.25, 0.3) is 11.1 Å². The highest BCUT2D eigenvalue weighted by Gasteiger charge is 1.98. The third kappa shape index (κ3) is 1.73. The molecule has 0 atom stereocenters. The monoisotopic (exact) mass is 192 g/mol. The number of nitrogens with zero attached hydrogens (tertiary/aromatic N) is 2. The molecule has 0 spiro atoms. The number of aromatic nitrogens is 2. The molecule has 1 aromatic heterocycles. The first-order chi connectivity index (χ1) is 6.25. The Labute approximate surface area is 81.8 Å². The first-order valence-electron chi connectivity index (χ1n) is 4.00. The highest BCUT2D eigenvalue weighted by molar-refractivity contribution is 6.30. The van der Waals surface area contributed by atoms with Crippen molar-refractivity contribution in [3.05, 3.63) is 41.7 Å². The average molecular weight is 193 g/mol. The molecule has 1 heterocycles. The highest BCUT2D eigenvalue weighted by atomic mass is 35.5. The fourth-order valence-electron chi connectivity index (χ4n) is 1.21. The third-order valence-electron chi connectivity index (χ3n) is 1.88. The molecule has 2 rings (SSSR count). The van der Waals surface area contributed by atoms with Crippen LogP contribution in [0, 0.1) is 0 Å². The minimum Gasteiger partial charge on any atom is -0.275 e. The van der Waals surface area contributed by atoms with Gasteiger partial charge in [0.25, 0.3) is 0 Å². The van der Waals surface area contributed by atoms with Crippen LogP contribution >= 0.6 is 11.6 Å². The van der Waals surface area contributed by atoms with Gasteiger partial charge in [-0.25, -0.2) is 0 Å². The lowest BCUT2D eigenvalue weighted by Crippen LogP contribution is -1.84. The maximum Gasteiger partial charge on any atom is 0.0568 e. The van der Waals surface area contributed by atoms with Gasteiger partial charge in [-0.15, -0.1) is 0 Å². The zero-order valence-electron chi connectivity index (χ0n) is 7.24. The van der Waals surface area contributed by atoms with Crippen molar-refractivity contribution in [1.29, 1.82) is 0 Å². The van der Waals surface area contributed by atoms with Crippen LogP contribution in [0.3, 0.4) is 0 Å². The molecule has 0 aliphatic carbocycles. The van der Waals surface area contributed by atoms with Crippen LogP contribution in [-0.4, -0.2) is 9.78 Å². The van der Waals surface area contributed by atoms with Gasteiger partial charge in [0.15, 0.2) is 0 Å². The largest absolute Gasteiger partial charge is 0.275 e. The number of aryl methyl sites for hydroxylation is 1. The van der Waals surface area contributed by atoms with Crippen LogP contribution in [0.1, 0.15) is 0 Å². The van der Waals surface area contributed by atoms with E-state index in [1.54, 1.807) is 4.68 Å². The molecule has 13 heavy (non-hydrogen) atoms. The van der Waals surface area contributed by atoms with Gasteiger partial charge in [0.1, 0.15) is 0 Å². The summed E-state index contributed by atoms with van der Waals surface area (Å²) in [4.78, 5) is 0. The summed E-state index contributed by atoms with van der Waals surface area (Å²) in [5.41, 5.74) is 2.25. The smallest absolute Gasteiger partial charge is 0.0568 e. The minimum absolute atomic E-state index is 0.757. The summed E-state index contributed by atoms with van der Waals surface area (Å²) in [5.74, 6) is 0. The number of halogens is 1. The van der Waals surface area contributed by atoms with Crippen LogP contribution in [0.15, 0.2) is 36.7 Å². The number of hydrogen-bond donors (Lipinski definition) is 0. The Balaban J connectivity index is 2.41. The molecule has 0 saturated heterocycles. The molecule has 2 nitrogen and oxygen atoms in total. The highest BCUT2D eigenvalue weighted by Crippen LogP contribution is 2.20. The van der Waals surface area contributed by atoms with Gasteiger partial charge in [0.2, 0.25) is 0 Å². The van der Waals surface area contributed by atoms with E-state index in [0.717, 1.165) is 16.1 Å². The zero-order valence-corrected chi connectivity index (χ0v) is 7.99. The molecule has 1 aromatic carbocycles. The Morgan fingerprint density at radius 1 is 1.15 bits per heavy atom. The Morgan fingerprint density at radius 3 is 2.38 bits per heavy atom. The van der Waals surface area contributed by atoms with Crippen molar-refractivity contribution < 1.29 is 0 Å². The molecule has 0 radical (unpaired) electrons. The van der Waals surface area contributed by atoms with Gasteiger partial charge >= 0.3 is 0 Å². The lowest BCUT2D eigenvalue weighted by Gasteiger charge is -1.95.